The van der Waals surface area contributed by atoms with E-state index < -0.39 is 23.2 Å². The molecule has 0 bridgehead atoms. The fraction of sp³-hybridized carbons (Fsp3) is 0.0714. The van der Waals surface area contributed by atoms with Crippen molar-refractivity contribution in [3.05, 3.63) is 57.6 Å². The number of amides is 1. The molecular formula is C14H12BrF2N3O. The van der Waals surface area contributed by atoms with Gasteiger partial charge in [-0.2, -0.15) is 0 Å². The molecule has 0 spiro atoms. The quantitative estimate of drug-likeness (QED) is 0.582. The minimum absolute atomic E-state index is 0.137. The van der Waals surface area contributed by atoms with Crippen LogP contribution in [0.4, 0.5) is 20.2 Å². The third kappa shape index (κ3) is 3.56. The van der Waals surface area contributed by atoms with Gasteiger partial charge in [0.2, 0.25) is 0 Å². The fourth-order valence-corrected chi connectivity index (χ4v) is 2.46. The largest absolute Gasteiger partial charge is 0.322 e. The lowest BCUT2D eigenvalue weighted by molar-refractivity contribution is 0.102. The molecule has 0 heterocycles. The Labute approximate surface area is 128 Å². The van der Waals surface area contributed by atoms with Gasteiger partial charge in [-0.25, -0.2) is 8.78 Å². The number of benzene rings is 2. The van der Waals surface area contributed by atoms with Crippen molar-refractivity contribution >= 4 is 33.2 Å². The Kier molecular flexibility index (Phi) is 4.54. The molecule has 2 aromatic carbocycles. The van der Waals surface area contributed by atoms with E-state index in [2.05, 4.69) is 21.2 Å². The highest BCUT2D eigenvalue weighted by atomic mass is 79.9. The topological polar surface area (TPSA) is 67.2 Å². The fourth-order valence-electron chi connectivity index (χ4n) is 1.85. The number of nitrogen functional groups attached to an aromatic ring is 1. The maximum absolute atomic E-state index is 13.6. The van der Waals surface area contributed by atoms with Gasteiger partial charge in [-0.3, -0.25) is 10.6 Å². The smallest absolute Gasteiger partial charge is 0.255 e. The van der Waals surface area contributed by atoms with Gasteiger partial charge in [-0.15, -0.1) is 0 Å². The van der Waals surface area contributed by atoms with Crippen LogP contribution in [-0.4, -0.2) is 5.91 Å². The average molecular weight is 356 g/mol. The highest BCUT2D eigenvalue weighted by molar-refractivity contribution is 9.10. The highest BCUT2D eigenvalue weighted by Crippen LogP contribution is 2.22. The van der Waals surface area contributed by atoms with Crippen LogP contribution in [-0.2, 0) is 0 Å². The van der Waals surface area contributed by atoms with Crippen molar-refractivity contribution in [3.8, 4) is 0 Å². The molecule has 0 saturated heterocycles. The zero-order valence-electron chi connectivity index (χ0n) is 11.0. The number of rotatable bonds is 3. The molecule has 2 rings (SSSR count). The molecule has 0 fully saturated rings. The molecule has 0 unspecified atom stereocenters. The Morgan fingerprint density at radius 3 is 2.29 bits per heavy atom. The van der Waals surface area contributed by atoms with E-state index in [1.807, 2.05) is 18.4 Å². The molecule has 0 radical (unpaired) electrons. The van der Waals surface area contributed by atoms with Crippen LogP contribution in [0.1, 0.15) is 15.9 Å². The van der Waals surface area contributed by atoms with E-state index in [4.69, 9.17) is 5.84 Å². The second-order valence-corrected chi connectivity index (χ2v) is 5.35. The first kappa shape index (κ1) is 15.4. The van der Waals surface area contributed by atoms with Crippen molar-refractivity contribution in [1.29, 1.82) is 0 Å². The molecule has 0 aliphatic carbocycles. The molecule has 4 nitrogen and oxygen atoms in total. The highest BCUT2D eigenvalue weighted by Gasteiger charge is 2.15. The Morgan fingerprint density at radius 2 is 1.76 bits per heavy atom. The van der Waals surface area contributed by atoms with Crippen LogP contribution in [0.25, 0.3) is 0 Å². The van der Waals surface area contributed by atoms with Crippen LogP contribution >= 0.6 is 15.9 Å². The van der Waals surface area contributed by atoms with E-state index in [9.17, 15) is 13.6 Å². The van der Waals surface area contributed by atoms with Gasteiger partial charge in [0.05, 0.1) is 0 Å². The summed E-state index contributed by atoms with van der Waals surface area (Å²) in [6.07, 6.45) is 0. The summed E-state index contributed by atoms with van der Waals surface area (Å²) in [5.41, 5.74) is 2.74. The first-order chi connectivity index (χ1) is 9.90. The minimum atomic E-state index is -0.937. The normalized spacial score (nSPS) is 10.3. The molecule has 0 aliphatic rings. The predicted molar refractivity (Wildman–Crippen MR) is 81.0 cm³/mol. The third-order valence-corrected chi connectivity index (χ3v) is 3.21. The first-order valence-electron chi connectivity index (χ1n) is 5.95. The second kappa shape index (κ2) is 6.19. The average Bonchev–Trinajstić information content (AvgIpc) is 2.36. The molecule has 2 aromatic rings. The number of carbonyl (C=O) groups is 1. The second-order valence-electron chi connectivity index (χ2n) is 4.43. The van der Waals surface area contributed by atoms with Crippen molar-refractivity contribution in [1.82, 2.24) is 0 Å². The number of hydrazine groups is 1. The molecule has 0 aromatic heterocycles. The lowest BCUT2D eigenvalue weighted by Gasteiger charge is -2.09. The summed E-state index contributed by atoms with van der Waals surface area (Å²) < 4.78 is 27.9. The molecule has 1 amide bonds. The summed E-state index contributed by atoms with van der Waals surface area (Å²) in [5, 5.41) is 2.58. The number of aryl methyl sites for hydroxylation is 1. The summed E-state index contributed by atoms with van der Waals surface area (Å²) in [5.74, 6) is 2.51. The number of carbonyl (C=O) groups excluding carboxylic acids is 1. The lowest BCUT2D eigenvalue weighted by Crippen LogP contribution is -2.15. The van der Waals surface area contributed by atoms with Crippen LogP contribution in [0, 0.1) is 18.6 Å². The summed E-state index contributed by atoms with van der Waals surface area (Å²) in [6.45, 7) is 1.86. The predicted octanol–water partition coefficient (Wildman–Crippen LogP) is 3.57. The van der Waals surface area contributed by atoms with Crippen molar-refractivity contribution < 1.29 is 13.6 Å². The van der Waals surface area contributed by atoms with E-state index in [1.165, 1.54) is 0 Å². The summed E-state index contributed by atoms with van der Waals surface area (Å²) >= 11 is 3.31. The SMILES string of the molecule is Cc1cc(Br)cc(NC(=O)c2cc(F)c(NN)c(F)c2)c1. The Hall–Kier alpha value is -1.99. The Morgan fingerprint density at radius 1 is 1.14 bits per heavy atom. The summed E-state index contributed by atoms with van der Waals surface area (Å²) in [4.78, 5) is 12.0. The van der Waals surface area contributed by atoms with Crippen molar-refractivity contribution in [2.75, 3.05) is 10.7 Å². The zero-order chi connectivity index (χ0) is 15.6. The number of hydrogen-bond donors (Lipinski definition) is 3. The monoisotopic (exact) mass is 355 g/mol. The van der Waals surface area contributed by atoms with E-state index in [0.29, 0.717) is 5.69 Å². The summed E-state index contributed by atoms with van der Waals surface area (Å²) in [7, 11) is 0. The maximum atomic E-state index is 13.6. The minimum Gasteiger partial charge on any atom is -0.322 e. The van der Waals surface area contributed by atoms with Crippen LogP contribution in [0.15, 0.2) is 34.8 Å². The molecule has 0 atom stereocenters. The first-order valence-corrected chi connectivity index (χ1v) is 6.74. The molecule has 0 aliphatic heterocycles. The number of halogens is 3. The van der Waals surface area contributed by atoms with Crippen LogP contribution in [0.2, 0.25) is 0 Å². The van der Waals surface area contributed by atoms with Crippen molar-refractivity contribution in [2.45, 2.75) is 6.92 Å². The number of nitrogens with two attached hydrogens (primary N) is 1. The molecule has 7 heteroatoms. The van der Waals surface area contributed by atoms with Crippen LogP contribution in [0.5, 0.6) is 0 Å². The number of nitrogens with one attached hydrogen (secondary N) is 2. The van der Waals surface area contributed by atoms with Gasteiger partial charge >= 0.3 is 0 Å². The molecule has 4 N–H and O–H groups in total. The third-order valence-electron chi connectivity index (χ3n) is 2.75. The van der Waals surface area contributed by atoms with Gasteiger partial charge in [0.15, 0.2) is 11.6 Å². The van der Waals surface area contributed by atoms with Crippen LogP contribution < -0.4 is 16.6 Å². The zero-order valence-corrected chi connectivity index (χ0v) is 12.6. The van der Waals surface area contributed by atoms with Gasteiger partial charge < -0.3 is 10.7 Å². The van der Waals surface area contributed by atoms with Gasteiger partial charge in [0, 0.05) is 15.7 Å². The Bertz CT molecular complexity index is 663. The molecule has 0 saturated carbocycles. The van der Waals surface area contributed by atoms with Gasteiger partial charge in [-0.1, -0.05) is 15.9 Å². The van der Waals surface area contributed by atoms with E-state index >= 15 is 0 Å². The van der Waals surface area contributed by atoms with Crippen molar-refractivity contribution in [3.63, 3.8) is 0 Å². The van der Waals surface area contributed by atoms with E-state index in [-0.39, 0.29) is 5.56 Å². The maximum Gasteiger partial charge on any atom is 0.255 e. The molecule has 110 valence electrons. The van der Waals surface area contributed by atoms with Gasteiger partial charge in [0.1, 0.15) is 5.69 Å². The molecular weight excluding hydrogens is 344 g/mol. The van der Waals surface area contributed by atoms with Gasteiger partial charge in [0.25, 0.3) is 5.91 Å². The summed E-state index contributed by atoms with van der Waals surface area (Å²) in [6, 6.07) is 7.13. The number of anilines is 2. The van der Waals surface area contributed by atoms with E-state index in [1.54, 1.807) is 12.1 Å². The lowest BCUT2D eigenvalue weighted by atomic mass is 10.1. The Balaban J connectivity index is 2.28. The standard InChI is InChI=1S/C14H12BrF2N3O/c1-7-2-9(15)6-10(3-7)19-14(21)8-4-11(16)13(20-18)12(17)5-8/h2-6,20H,18H2,1H3,(H,19,21). The molecule has 21 heavy (non-hydrogen) atoms. The van der Waals surface area contributed by atoms with Crippen molar-refractivity contribution in [2.24, 2.45) is 5.84 Å². The number of hydrogen-bond acceptors (Lipinski definition) is 3. The van der Waals surface area contributed by atoms with Crippen LogP contribution in [0.3, 0.4) is 0 Å². The van der Waals surface area contributed by atoms with E-state index in [0.717, 1.165) is 22.2 Å². The van der Waals surface area contributed by atoms with Gasteiger partial charge in [-0.05, 0) is 42.8 Å².